The van der Waals surface area contributed by atoms with E-state index < -0.39 is 6.23 Å². The Hall–Kier alpha value is -2.36. The van der Waals surface area contributed by atoms with Crippen LogP contribution in [-0.4, -0.2) is 57.2 Å². The first-order chi connectivity index (χ1) is 11.3. The zero-order valence-electron chi connectivity index (χ0n) is 12.8. The summed E-state index contributed by atoms with van der Waals surface area (Å²) in [6.07, 6.45) is 7.44. The zero-order chi connectivity index (χ0) is 15.6. The Bertz CT molecular complexity index is 703. The van der Waals surface area contributed by atoms with Crippen LogP contribution in [0.4, 0.5) is 11.6 Å². The molecule has 2 aromatic heterocycles. The first-order valence-corrected chi connectivity index (χ1v) is 7.39. The molecule has 4 heterocycles. The molecule has 0 bridgehead atoms. The number of morpholine rings is 1. The number of anilines is 2. The Morgan fingerprint density at radius 1 is 1.21 bits per heavy atom. The number of aliphatic hydroxyl groups excluding tert-OH is 1. The Morgan fingerprint density at radius 3 is 2.75 bits per heavy atom. The molecule has 1 atom stereocenters. The molecule has 0 aromatic carbocycles. The van der Waals surface area contributed by atoms with Crippen molar-refractivity contribution in [2.75, 3.05) is 36.2 Å². The fraction of sp³-hybridized carbons (Fsp3) is 0.357. The average Bonchev–Trinajstić information content (AvgIpc) is 3.25. The van der Waals surface area contributed by atoms with Gasteiger partial charge in [0.25, 0.3) is 0 Å². The van der Waals surface area contributed by atoms with Crippen LogP contribution in [0, 0.1) is 0 Å². The van der Waals surface area contributed by atoms with Crippen molar-refractivity contribution in [3.05, 3.63) is 37.3 Å². The van der Waals surface area contributed by atoms with Gasteiger partial charge in [-0.05, 0) is 0 Å². The molecular weight excluding hydrogens is 334 g/mol. The standard InChI is InChI=1S/C14H17N7O2.ClH/c22-14-11(20-2-1-15-10-20)8-18-21(14)13-7-12(16-9-17-13)19-3-5-23-6-4-19;/h1-2,7-10,14,18,22H,3-6H2;1H. The Balaban J connectivity index is 0.00000169. The van der Waals surface area contributed by atoms with Gasteiger partial charge in [0.2, 0.25) is 0 Å². The molecule has 0 amide bonds. The third-order valence-electron chi connectivity index (χ3n) is 3.88. The first kappa shape index (κ1) is 16.5. The van der Waals surface area contributed by atoms with Crippen molar-refractivity contribution in [2.24, 2.45) is 0 Å². The minimum absolute atomic E-state index is 0. The minimum atomic E-state index is -0.864. The quantitative estimate of drug-likeness (QED) is 0.803. The lowest BCUT2D eigenvalue weighted by atomic mass is 10.3. The van der Waals surface area contributed by atoms with Crippen LogP contribution in [0.2, 0.25) is 0 Å². The van der Waals surface area contributed by atoms with Gasteiger partial charge in [-0.25, -0.2) is 20.0 Å². The molecule has 1 saturated heterocycles. The van der Waals surface area contributed by atoms with Crippen molar-refractivity contribution in [1.82, 2.24) is 24.9 Å². The van der Waals surface area contributed by atoms with Crippen LogP contribution >= 0.6 is 12.4 Å². The van der Waals surface area contributed by atoms with Crippen LogP contribution in [0.1, 0.15) is 0 Å². The summed E-state index contributed by atoms with van der Waals surface area (Å²) in [6, 6.07) is 1.85. The van der Waals surface area contributed by atoms with Crippen LogP contribution in [-0.2, 0) is 4.74 Å². The summed E-state index contributed by atoms with van der Waals surface area (Å²) in [4.78, 5) is 14.7. The third kappa shape index (κ3) is 3.01. The highest BCUT2D eigenvalue weighted by molar-refractivity contribution is 5.85. The number of halogens is 1. The Kier molecular flexibility index (Phi) is 4.84. The summed E-state index contributed by atoms with van der Waals surface area (Å²) in [6.45, 7) is 2.97. The number of aromatic nitrogens is 4. The van der Waals surface area contributed by atoms with Gasteiger partial charge >= 0.3 is 0 Å². The largest absolute Gasteiger partial charge is 0.378 e. The predicted octanol–water partition coefficient (Wildman–Crippen LogP) is 0.0731. The minimum Gasteiger partial charge on any atom is -0.378 e. The summed E-state index contributed by atoms with van der Waals surface area (Å²) in [5, 5.41) is 12.1. The number of ether oxygens (including phenoxy) is 1. The molecule has 0 radical (unpaired) electrons. The van der Waals surface area contributed by atoms with E-state index in [1.165, 1.54) is 6.33 Å². The van der Waals surface area contributed by atoms with Crippen molar-refractivity contribution in [3.8, 4) is 0 Å². The second kappa shape index (κ2) is 7.04. The van der Waals surface area contributed by atoms with Gasteiger partial charge in [-0.3, -0.25) is 5.43 Å². The normalized spacial score (nSPS) is 20.4. The van der Waals surface area contributed by atoms with E-state index in [1.54, 1.807) is 34.5 Å². The molecule has 24 heavy (non-hydrogen) atoms. The Labute approximate surface area is 145 Å². The van der Waals surface area contributed by atoms with Gasteiger partial charge in [0.15, 0.2) is 12.0 Å². The highest BCUT2D eigenvalue weighted by Gasteiger charge is 2.28. The molecule has 0 aliphatic carbocycles. The number of hydrogen-bond acceptors (Lipinski definition) is 8. The van der Waals surface area contributed by atoms with Gasteiger partial charge in [0.1, 0.15) is 12.1 Å². The monoisotopic (exact) mass is 351 g/mol. The van der Waals surface area contributed by atoms with Gasteiger partial charge in [0.05, 0.1) is 25.2 Å². The zero-order valence-corrected chi connectivity index (χ0v) is 13.6. The molecule has 2 aliphatic rings. The maximum atomic E-state index is 10.5. The number of aliphatic hydroxyl groups is 1. The van der Waals surface area contributed by atoms with E-state index in [4.69, 9.17) is 4.74 Å². The lowest BCUT2D eigenvalue weighted by Crippen LogP contribution is -2.40. The molecule has 10 heteroatoms. The Morgan fingerprint density at radius 2 is 2.00 bits per heavy atom. The fourth-order valence-electron chi connectivity index (χ4n) is 2.66. The summed E-state index contributed by atoms with van der Waals surface area (Å²) in [5.41, 5.74) is 3.71. The summed E-state index contributed by atoms with van der Waals surface area (Å²) >= 11 is 0. The first-order valence-electron chi connectivity index (χ1n) is 7.39. The van der Waals surface area contributed by atoms with Crippen molar-refractivity contribution in [2.45, 2.75) is 6.23 Å². The van der Waals surface area contributed by atoms with E-state index in [9.17, 15) is 5.11 Å². The van der Waals surface area contributed by atoms with Crippen molar-refractivity contribution in [1.29, 1.82) is 0 Å². The van der Waals surface area contributed by atoms with Crippen molar-refractivity contribution in [3.63, 3.8) is 0 Å². The van der Waals surface area contributed by atoms with Crippen LogP contribution in [0.25, 0.3) is 5.70 Å². The topological polar surface area (TPSA) is 91.6 Å². The van der Waals surface area contributed by atoms with E-state index in [0.29, 0.717) is 24.7 Å². The third-order valence-corrected chi connectivity index (χ3v) is 3.88. The number of nitrogens with zero attached hydrogens (tertiary/aromatic N) is 6. The smallest absolute Gasteiger partial charge is 0.190 e. The van der Waals surface area contributed by atoms with Gasteiger partial charge < -0.3 is 19.3 Å². The summed E-state index contributed by atoms with van der Waals surface area (Å²) in [7, 11) is 0. The van der Waals surface area contributed by atoms with E-state index in [-0.39, 0.29) is 12.4 Å². The molecule has 9 nitrogen and oxygen atoms in total. The molecule has 0 spiro atoms. The molecule has 1 unspecified atom stereocenters. The summed E-state index contributed by atoms with van der Waals surface area (Å²) in [5.74, 6) is 1.42. The number of nitrogens with one attached hydrogen (secondary N) is 1. The van der Waals surface area contributed by atoms with Crippen LogP contribution in [0.3, 0.4) is 0 Å². The highest BCUT2D eigenvalue weighted by atomic mass is 35.5. The lowest BCUT2D eigenvalue weighted by Gasteiger charge is -2.29. The SMILES string of the molecule is Cl.OC1C(n2ccnc2)=CNN1c1cc(N2CCOCC2)ncn1. The maximum absolute atomic E-state index is 10.5. The molecule has 4 rings (SSSR count). The van der Waals surface area contributed by atoms with Crippen LogP contribution in [0.5, 0.6) is 0 Å². The maximum Gasteiger partial charge on any atom is 0.190 e. The summed E-state index contributed by atoms with van der Waals surface area (Å²) < 4.78 is 7.11. The van der Waals surface area contributed by atoms with E-state index in [0.717, 1.165) is 18.9 Å². The number of rotatable bonds is 3. The average molecular weight is 352 g/mol. The second-order valence-electron chi connectivity index (χ2n) is 5.25. The van der Waals surface area contributed by atoms with Gasteiger partial charge in [-0.15, -0.1) is 12.4 Å². The van der Waals surface area contributed by atoms with Crippen molar-refractivity contribution >= 4 is 29.7 Å². The number of imidazole rings is 1. The fourth-order valence-corrected chi connectivity index (χ4v) is 2.66. The van der Waals surface area contributed by atoms with Gasteiger partial charge in [-0.1, -0.05) is 0 Å². The van der Waals surface area contributed by atoms with E-state index >= 15 is 0 Å². The van der Waals surface area contributed by atoms with E-state index in [2.05, 4.69) is 25.3 Å². The molecule has 128 valence electrons. The van der Waals surface area contributed by atoms with Crippen LogP contribution < -0.4 is 15.3 Å². The molecule has 0 saturated carbocycles. The molecular formula is C14H18ClN7O2. The lowest BCUT2D eigenvalue weighted by molar-refractivity contribution is 0.122. The number of hydrogen-bond donors (Lipinski definition) is 2. The van der Waals surface area contributed by atoms with Gasteiger partial charge in [0, 0.05) is 37.7 Å². The highest BCUT2D eigenvalue weighted by Crippen LogP contribution is 2.25. The van der Waals surface area contributed by atoms with E-state index in [1.807, 2.05) is 6.07 Å². The number of hydrazine groups is 1. The second-order valence-corrected chi connectivity index (χ2v) is 5.25. The van der Waals surface area contributed by atoms with Crippen LogP contribution in [0.15, 0.2) is 37.3 Å². The molecule has 2 aliphatic heterocycles. The molecule has 1 fully saturated rings. The molecule has 2 N–H and O–H groups in total. The van der Waals surface area contributed by atoms with Crippen molar-refractivity contribution < 1.29 is 9.84 Å². The predicted molar refractivity (Wildman–Crippen MR) is 90.4 cm³/mol. The van der Waals surface area contributed by atoms with Gasteiger partial charge in [-0.2, -0.15) is 0 Å². The molecule has 2 aromatic rings.